The fourth-order valence-corrected chi connectivity index (χ4v) is 5.02. The molecule has 1 aliphatic heterocycles. The van der Waals surface area contributed by atoms with Gasteiger partial charge in [-0.25, -0.2) is 4.98 Å². The zero-order chi connectivity index (χ0) is 20.3. The highest BCUT2D eigenvalue weighted by molar-refractivity contribution is 8.00. The number of aromatic nitrogens is 2. The van der Waals surface area contributed by atoms with E-state index in [1.54, 1.807) is 4.57 Å². The Bertz CT molecular complexity index is 885. The van der Waals surface area contributed by atoms with Crippen molar-refractivity contribution in [2.45, 2.75) is 88.8 Å². The Labute approximate surface area is 171 Å². The number of carbonyl (C=O) groups is 1. The number of nitrogens with zero attached hydrogens (tertiary/aromatic N) is 3. The number of carbonyl (C=O) groups excluding carboxylic acids is 1. The Morgan fingerprint density at radius 2 is 1.93 bits per heavy atom. The maximum Gasteiger partial charge on any atom is 0.262 e. The van der Waals surface area contributed by atoms with Crippen LogP contribution in [-0.4, -0.2) is 37.7 Å². The smallest absolute Gasteiger partial charge is 0.262 e. The van der Waals surface area contributed by atoms with Crippen LogP contribution in [0.15, 0.2) is 34.2 Å². The Morgan fingerprint density at radius 3 is 2.61 bits per heavy atom. The minimum atomic E-state index is -0.274. The molecule has 28 heavy (non-hydrogen) atoms. The molecule has 1 aliphatic rings. The van der Waals surface area contributed by atoms with Crippen LogP contribution in [0.4, 0.5) is 0 Å². The molecule has 0 unspecified atom stereocenters. The predicted molar refractivity (Wildman–Crippen MR) is 116 cm³/mol. The van der Waals surface area contributed by atoms with Gasteiger partial charge in [0.25, 0.3) is 5.56 Å². The highest BCUT2D eigenvalue weighted by Gasteiger charge is 2.32. The van der Waals surface area contributed by atoms with Gasteiger partial charge in [0.15, 0.2) is 5.16 Å². The largest absolute Gasteiger partial charge is 0.336 e. The van der Waals surface area contributed by atoms with E-state index in [4.69, 9.17) is 4.98 Å². The van der Waals surface area contributed by atoms with E-state index in [-0.39, 0.29) is 28.8 Å². The Morgan fingerprint density at radius 1 is 1.25 bits per heavy atom. The summed E-state index contributed by atoms with van der Waals surface area (Å²) in [6.07, 6.45) is 5.21. The van der Waals surface area contributed by atoms with Gasteiger partial charge < -0.3 is 4.90 Å². The van der Waals surface area contributed by atoms with Crippen molar-refractivity contribution in [3.63, 3.8) is 0 Å². The summed E-state index contributed by atoms with van der Waals surface area (Å²) in [6.45, 7) is 8.95. The van der Waals surface area contributed by atoms with Gasteiger partial charge >= 0.3 is 0 Å². The van der Waals surface area contributed by atoms with Crippen molar-refractivity contribution in [3.05, 3.63) is 34.6 Å². The number of para-hydroxylation sites is 1. The number of thioether (sulfide) groups is 1. The summed E-state index contributed by atoms with van der Waals surface area (Å²) in [4.78, 5) is 33.0. The van der Waals surface area contributed by atoms with Gasteiger partial charge in [-0.1, -0.05) is 37.2 Å². The molecule has 2 aromatic rings. The van der Waals surface area contributed by atoms with Crippen molar-refractivity contribution < 1.29 is 4.79 Å². The van der Waals surface area contributed by atoms with Crippen LogP contribution in [0, 0.1) is 0 Å². The molecular weight excluding hydrogens is 370 g/mol. The SMILES string of the molecule is CCCCn1c(S[C@H](C)C(=O)N2[C@@H](C)CCC[C@@H]2C)nc2ccccc2c1=O. The first-order valence-electron chi connectivity index (χ1n) is 10.4. The summed E-state index contributed by atoms with van der Waals surface area (Å²) < 4.78 is 1.75. The number of amides is 1. The van der Waals surface area contributed by atoms with E-state index in [9.17, 15) is 9.59 Å². The molecule has 1 amide bonds. The third-order valence-corrected chi connectivity index (χ3v) is 6.72. The molecule has 6 heteroatoms. The summed E-state index contributed by atoms with van der Waals surface area (Å²) in [6, 6.07) is 8.00. The van der Waals surface area contributed by atoms with Crippen molar-refractivity contribution >= 4 is 28.6 Å². The van der Waals surface area contributed by atoms with E-state index in [1.807, 2.05) is 36.1 Å². The zero-order valence-electron chi connectivity index (χ0n) is 17.4. The molecule has 0 aliphatic carbocycles. The van der Waals surface area contributed by atoms with Crippen LogP contribution in [0.2, 0.25) is 0 Å². The second-order valence-electron chi connectivity index (χ2n) is 7.86. The second kappa shape index (κ2) is 9.12. The number of hydrogen-bond acceptors (Lipinski definition) is 4. The molecular formula is C22H31N3O2S. The number of rotatable bonds is 6. The fourth-order valence-electron chi connectivity index (χ4n) is 4.03. The summed E-state index contributed by atoms with van der Waals surface area (Å²) in [5.74, 6) is 0.147. The normalized spacial score (nSPS) is 21.1. The standard InChI is InChI=1S/C22H31N3O2S/c1-5-6-14-24-21(27)18-12-7-8-13-19(18)23-22(24)28-17(4)20(26)25-15(2)10-9-11-16(25)3/h7-8,12-13,15-17H,5-6,9-11,14H2,1-4H3/t15-,16-,17+/m0/s1. The van der Waals surface area contributed by atoms with Crippen LogP contribution >= 0.6 is 11.8 Å². The van der Waals surface area contributed by atoms with Crippen LogP contribution in [0.1, 0.15) is 59.8 Å². The molecule has 5 nitrogen and oxygen atoms in total. The first kappa shape index (κ1) is 20.9. The highest BCUT2D eigenvalue weighted by atomic mass is 32.2. The molecule has 3 rings (SSSR count). The summed E-state index contributed by atoms with van der Waals surface area (Å²) >= 11 is 1.42. The highest BCUT2D eigenvalue weighted by Crippen LogP contribution is 2.29. The number of piperidine rings is 1. The van der Waals surface area contributed by atoms with Crippen molar-refractivity contribution in [2.75, 3.05) is 0 Å². The maximum absolute atomic E-state index is 13.2. The maximum atomic E-state index is 13.2. The van der Waals surface area contributed by atoms with Gasteiger partial charge in [0.1, 0.15) is 0 Å². The van der Waals surface area contributed by atoms with Gasteiger partial charge in [0, 0.05) is 18.6 Å². The van der Waals surface area contributed by atoms with Gasteiger partial charge in [0.05, 0.1) is 16.2 Å². The Balaban J connectivity index is 1.91. The third-order valence-electron chi connectivity index (χ3n) is 5.64. The molecule has 1 fully saturated rings. The quantitative estimate of drug-likeness (QED) is 0.529. The van der Waals surface area contributed by atoms with E-state index >= 15 is 0 Å². The first-order valence-corrected chi connectivity index (χ1v) is 11.3. The molecule has 0 N–H and O–H groups in total. The molecule has 3 atom stereocenters. The minimum Gasteiger partial charge on any atom is -0.336 e. The lowest BCUT2D eigenvalue weighted by atomic mass is 9.97. The van der Waals surface area contributed by atoms with E-state index in [1.165, 1.54) is 18.2 Å². The average Bonchev–Trinajstić information content (AvgIpc) is 2.67. The summed E-state index contributed by atoms with van der Waals surface area (Å²) in [7, 11) is 0. The zero-order valence-corrected chi connectivity index (χ0v) is 18.2. The van der Waals surface area contributed by atoms with Crippen molar-refractivity contribution in [2.24, 2.45) is 0 Å². The van der Waals surface area contributed by atoms with E-state index in [0.29, 0.717) is 22.6 Å². The molecule has 0 spiro atoms. The van der Waals surface area contributed by atoms with Gasteiger partial charge in [-0.15, -0.1) is 0 Å². The van der Waals surface area contributed by atoms with Crippen molar-refractivity contribution in [3.8, 4) is 0 Å². The molecule has 1 saturated heterocycles. The molecule has 2 heterocycles. The fraction of sp³-hybridized carbons (Fsp3) is 0.591. The van der Waals surface area contributed by atoms with E-state index in [2.05, 4.69) is 20.8 Å². The second-order valence-corrected chi connectivity index (χ2v) is 9.16. The average molecular weight is 402 g/mol. The number of likely N-dealkylation sites (tertiary alicyclic amines) is 1. The van der Waals surface area contributed by atoms with E-state index < -0.39 is 0 Å². The van der Waals surface area contributed by atoms with Gasteiger partial charge in [-0.05, 0) is 58.6 Å². The third kappa shape index (κ3) is 4.27. The summed E-state index contributed by atoms with van der Waals surface area (Å²) in [5.41, 5.74) is 0.683. The van der Waals surface area contributed by atoms with Gasteiger partial charge in [-0.3, -0.25) is 14.2 Å². The van der Waals surface area contributed by atoms with Gasteiger partial charge in [-0.2, -0.15) is 0 Å². The molecule has 0 saturated carbocycles. The number of unbranched alkanes of at least 4 members (excludes halogenated alkanes) is 1. The number of hydrogen-bond donors (Lipinski definition) is 0. The summed E-state index contributed by atoms with van der Waals surface area (Å²) in [5, 5.41) is 1.01. The van der Waals surface area contributed by atoms with Crippen LogP contribution in [0.5, 0.6) is 0 Å². The lowest BCUT2D eigenvalue weighted by molar-refractivity contribution is -0.136. The van der Waals surface area contributed by atoms with E-state index in [0.717, 1.165) is 25.7 Å². The van der Waals surface area contributed by atoms with Crippen LogP contribution in [-0.2, 0) is 11.3 Å². The lowest BCUT2D eigenvalue weighted by Crippen LogP contribution is -2.50. The molecule has 1 aromatic carbocycles. The van der Waals surface area contributed by atoms with Crippen LogP contribution in [0.3, 0.4) is 0 Å². The Kier molecular flexibility index (Phi) is 6.81. The molecule has 152 valence electrons. The monoisotopic (exact) mass is 401 g/mol. The lowest BCUT2D eigenvalue weighted by Gasteiger charge is -2.40. The van der Waals surface area contributed by atoms with Crippen LogP contribution < -0.4 is 5.56 Å². The van der Waals surface area contributed by atoms with Gasteiger partial charge in [0.2, 0.25) is 5.91 Å². The molecule has 0 bridgehead atoms. The first-order chi connectivity index (χ1) is 13.4. The van der Waals surface area contributed by atoms with Crippen molar-refractivity contribution in [1.82, 2.24) is 14.5 Å². The van der Waals surface area contributed by atoms with Crippen LogP contribution in [0.25, 0.3) is 10.9 Å². The molecule has 1 aromatic heterocycles. The Hall–Kier alpha value is -1.82. The number of benzene rings is 1. The molecule has 0 radical (unpaired) electrons. The van der Waals surface area contributed by atoms with Crippen molar-refractivity contribution in [1.29, 1.82) is 0 Å². The number of fused-ring (bicyclic) bond motifs is 1. The minimum absolute atomic E-state index is 0.0130. The predicted octanol–water partition coefficient (Wildman–Crippen LogP) is 4.47. The topological polar surface area (TPSA) is 55.2 Å².